The molecule has 34 heavy (non-hydrogen) atoms. The van der Waals surface area contributed by atoms with E-state index < -0.39 is 17.7 Å². The number of piperazine rings is 1. The molecule has 0 radical (unpaired) electrons. The van der Waals surface area contributed by atoms with Crippen LogP contribution in [0.25, 0.3) is 0 Å². The number of alkyl halides is 2. The van der Waals surface area contributed by atoms with Crippen molar-refractivity contribution in [1.82, 2.24) is 20.4 Å². The number of halogens is 2. The van der Waals surface area contributed by atoms with Gasteiger partial charge in [0, 0.05) is 57.3 Å². The number of amidine groups is 1. The average molecular weight is 475 g/mol. The van der Waals surface area contributed by atoms with Gasteiger partial charge in [0.1, 0.15) is 11.8 Å². The van der Waals surface area contributed by atoms with Gasteiger partial charge in [-0.3, -0.25) is 29.4 Å². The van der Waals surface area contributed by atoms with Crippen LogP contribution in [0.2, 0.25) is 0 Å². The van der Waals surface area contributed by atoms with Gasteiger partial charge in [-0.25, -0.2) is 8.78 Å². The van der Waals surface area contributed by atoms with Crippen LogP contribution in [0.15, 0.2) is 33.8 Å². The van der Waals surface area contributed by atoms with Crippen LogP contribution < -0.4 is 10.6 Å². The zero-order chi connectivity index (χ0) is 23.9. The number of nitrogens with zero attached hydrogens (tertiary/aromatic N) is 4. The summed E-state index contributed by atoms with van der Waals surface area (Å²) in [6.07, 6.45) is 9.16. The number of nitrogens with one attached hydrogen (secondary N) is 2. The molecule has 5 rings (SSSR count). The lowest BCUT2D eigenvalue weighted by Crippen LogP contribution is -2.53. The van der Waals surface area contributed by atoms with Crippen molar-refractivity contribution in [2.75, 3.05) is 39.3 Å². The maximum Gasteiger partial charge on any atom is 0.260 e. The van der Waals surface area contributed by atoms with E-state index in [2.05, 4.69) is 31.5 Å². The summed E-state index contributed by atoms with van der Waals surface area (Å²) < 4.78 is 26.1. The van der Waals surface area contributed by atoms with E-state index in [1.54, 1.807) is 6.08 Å². The highest BCUT2D eigenvalue weighted by atomic mass is 19.3. The number of hydrogen-bond acceptors (Lipinski definition) is 6. The lowest BCUT2D eigenvalue weighted by atomic mass is 9.86. The number of rotatable bonds is 5. The smallest absolute Gasteiger partial charge is 0.260 e. The second kappa shape index (κ2) is 9.30. The number of hydrogen-bond donors (Lipinski definition) is 2. The van der Waals surface area contributed by atoms with E-state index in [9.17, 15) is 18.4 Å². The van der Waals surface area contributed by atoms with Gasteiger partial charge in [0.25, 0.3) is 5.92 Å². The van der Waals surface area contributed by atoms with Crippen molar-refractivity contribution < 1.29 is 18.4 Å². The summed E-state index contributed by atoms with van der Waals surface area (Å²) in [5.41, 5.74) is 1.15. The van der Waals surface area contributed by atoms with E-state index >= 15 is 0 Å². The predicted octanol–water partition coefficient (Wildman–Crippen LogP) is 1.01. The van der Waals surface area contributed by atoms with Crippen LogP contribution in [0, 0.1) is 11.8 Å². The van der Waals surface area contributed by atoms with Gasteiger partial charge in [-0.2, -0.15) is 0 Å². The quantitative estimate of drug-likeness (QED) is 0.623. The van der Waals surface area contributed by atoms with E-state index in [1.807, 2.05) is 19.2 Å². The number of aliphatic imine (C=N–C) groups is 2. The molecule has 184 valence electrons. The van der Waals surface area contributed by atoms with Crippen molar-refractivity contribution in [2.24, 2.45) is 21.8 Å². The third-order valence-electron chi connectivity index (χ3n) is 7.54. The van der Waals surface area contributed by atoms with Crippen LogP contribution in [-0.2, 0) is 9.59 Å². The Labute approximate surface area is 198 Å². The average Bonchev–Trinajstić information content (AvgIpc) is 3.48. The van der Waals surface area contributed by atoms with E-state index in [-0.39, 0.29) is 36.4 Å². The van der Waals surface area contributed by atoms with Crippen LogP contribution in [0.3, 0.4) is 0 Å². The van der Waals surface area contributed by atoms with Gasteiger partial charge in [0.15, 0.2) is 0 Å². The minimum Gasteiger partial charge on any atom is -0.347 e. The Morgan fingerprint density at radius 3 is 2.71 bits per heavy atom. The summed E-state index contributed by atoms with van der Waals surface area (Å²) in [7, 11) is 0. The van der Waals surface area contributed by atoms with Crippen LogP contribution in [0.4, 0.5) is 8.78 Å². The summed E-state index contributed by atoms with van der Waals surface area (Å²) >= 11 is 0. The lowest BCUT2D eigenvalue weighted by Gasteiger charge is -2.39. The lowest BCUT2D eigenvalue weighted by molar-refractivity contribution is -0.128. The third-order valence-corrected chi connectivity index (χ3v) is 7.54. The normalized spacial score (nSPS) is 35.1. The van der Waals surface area contributed by atoms with E-state index in [0.717, 1.165) is 51.1 Å². The molecule has 2 N–H and O–H groups in total. The van der Waals surface area contributed by atoms with Gasteiger partial charge < -0.3 is 10.6 Å². The second-order valence-electron chi connectivity index (χ2n) is 9.93. The Morgan fingerprint density at radius 2 is 2.06 bits per heavy atom. The van der Waals surface area contributed by atoms with Crippen molar-refractivity contribution in [1.29, 1.82) is 0 Å². The van der Waals surface area contributed by atoms with Crippen molar-refractivity contribution in [3.05, 3.63) is 23.8 Å². The highest BCUT2D eigenvalue weighted by molar-refractivity contribution is 6.06. The first-order valence-electron chi connectivity index (χ1n) is 12.2. The highest BCUT2D eigenvalue weighted by Gasteiger charge is 2.61. The molecule has 0 bridgehead atoms. The molecule has 4 aliphatic heterocycles. The maximum absolute atomic E-state index is 13.0. The van der Waals surface area contributed by atoms with Gasteiger partial charge in [-0.1, -0.05) is 19.1 Å². The van der Waals surface area contributed by atoms with Crippen molar-refractivity contribution in [3.8, 4) is 0 Å². The SMILES string of the molecule is CCC1CC2N=CC(CN3CCN(C4C=CC(NC(=O)[C@@H]5CC5(F)F)=NC4)CC3)=CC2NC1=O. The zero-order valence-corrected chi connectivity index (χ0v) is 19.4. The third kappa shape index (κ3) is 4.98. The molecule has 10 heteroatoms. The molecule has 0 spiro atoms. The molecule has 0 aromatic carbocycles. The summed E-state index contributed by atoms with van der Waals surface area (Å²) in [6, 6.07) is 0.297. The molecule has 4 heterocycles. The van der Waals surface area contributed by atoms with E-state index in [0.29, 0.717) is 12.4 Å². The monoisotopic (exact) mass is 474 g/mol. The Kier molecular flexibility index (Phi) is 6.37. The van der Waals surface area contributed by atoms with E-state index in [4.69, 9.17) is 4.99 Å². The molecule has 3 fully saturated rings. The second-order valence-corrected chi connectivity index (χ2v) is 9.93. The number of carbonyl (C=O) groups is 2. The largest absolute Gasteiger partial charge is 0.347 e. The molecule has 5 aliphatic rings. The number of dihydropyridines is 2. The zero-order valence-electron chi connectivity index (χ0n) is 19.4. The Hall–Kier alpha value is -2.46. The predicted molar refractivity (Wildman–Crippen MR) is 125 cm³/mol. The molecule has 0 aromatic rings. The molecule has 1 aliphatic carbocycles. The minimum absolute atomic E-state index is 0.00246. The molecule has 2 saturated heterocycles. The van der Waals surface area contributed by atoms with E-state index in [1.165, 1.54) is 0 Å². The summed E-state index contributed by atoms with van der Waals surface area (Å²) in [5, 5.41) is 5.64. The van der Waals surface area contributed by atoms with Gasteiger partial charge in [0.05, 0.1) is 18.6 Å². The van der Waals surface area contributed by atoms with Gasteiger partial charge in [-0.15, -0.1) is 0 Å². The Morgan fingerprint density at radius 1 is 1.29 bits per heavy atom. The first-order valence-corrected chi connectivity index (χ1v) is 12.2. The number of amides is 2. The first kappa shape index (κ1) is 23.3. The van der Waals surface area contributed by atoms with Crippen molar-refractivity contribution in [3.63, 3.8) is 0 Å². The standard InChI is InChI=1S/C24H32F2N6O2/c1-2-16-10-19-20(29-22(16)33)9-15(12-27-19)14-31-5-7-32(8-6-31)17-3-4-21(28-13-17)30-23(34)18-11-24(18,25)26/h3-4,9,12,16-20H,2,5-8,10-11,13-14H2,1H3,(H,29,33)(H,28,30,34)/t16?,17?,18-,19?,20?/m0/s1. The summed E-state index contributed by atoms with van der Waals surface area (Å²) in [6.45, 7) is 6.98. The molecular weight excluding hydrogens is 442 g/mol. The van der Waals surface area contributed by atoms with Crippen LogP contribution in [0.1, 0.15) is 26.2 Å². The fraction of sp³-hybridized carbons (Fsp3) is 0.667. The molecule has 0 aromatic heterocycles. The van der Waals surface area contributed by atoms with Gasteiger partial charge in [0.2, 0.25) is 11.8 Å². The van der Waals surface area contributed by atoms with Crippen molar-refractivity contribution in [2.45, 2.75) is 50.2 Å². The highest BCUT2D eigenvalue weighted by Crippen LogP contribution is 2.48. The summed E-state index contributed by atoms with van der Waals surface area (Å²) in [5.74, 6) is -4.16. The number of carbonyl (C=O) groups excluding carboxylic acids is 2. The van der Waals surface area contributed by atoms with Crippen LogP contribution in [-0.4, -0.2) is 97.0 Å². The topological polar surface area (TPSA) is 89.4 Å². The number of fused-ring (bicyclic) bond motifs is 1. The van der Waals surface area contributed by atoms with Crippen molar-refractivity contribution >= 4 is 23.9 Å². The summed E-state index contributed by atoms with van der Waals surface area (Å²) in [4.78, 5) is 37.9. The van der Waals surface area contributed by atoms with Crippen LogP contribution in [0.5, 0.6) is 0 Å². The molecule has 8 nitrogen and oxygen atoms in total. The number of piperidine rings is 1. The maximum atomic E-state index is 13.0. The molecular formula is C24H32F2N6O2. The molecule has 5 atom stereocenters. The van der Waals surface area contributed by atoms with Gasteiger partial charge >= 0.3 is 0 Å². The molecule has 2 amide bonds. The van der Waals surface area contributed by atoms with Crippen LogP contribution >= 0.6 is 0 Å². The minimum atomic E-state index is -2.87. The molecule has 1 saturated carbocycles. The fourth-order valence-electron chi connectivity index (χ4n) is 5.19. The Balaban J connectivity index is 1.06. The Bertz CT molecular complexity index is 953. The first-order chi connectivity index (χ1) is 16.3. The van der Waals surface area contributed by atoms with Gasteiger partial charge in [-0.05, 0) is 24.5 Å². The molecule has 4 unspecified atom stereocenters. The fourth-order valence-corrected chi connectivity index (χ4v) is 5.19.